The summed E-state index contributed by atoms with van der Waals surface area (Å²) in [5, 5.41) is 16.7. The second-order valence-electron chi connectivity index (χ2n) is 15.1. The van der Waals surface area contributed by atoms with E-state index >= 15 is 0 Å². The van der Waals surface area contributed by atoms with Gasteiger partial charge in [-0.25, -0.2) is 4.39 Å². The molecule has 1 aliphatic heterocycles. The number of aromatic nitrogens is 1. The predicted octanol–water partition coefficient (Wildman–Crippen LogP) is 7.69. The highest BCUT2D eigenvalue weighted by Gasteiger charge is 2.55. The molecule has 0 unspecified atom stereocenters. The average molecular weight is 664 g/mol. The SMILES string of the molecule is C[C@]12CC[C@@H]3c4ccc(O)cc4CC[C@H]3[C@@H]1CC[C@@H]2OCCCCC(=O)NCc1ccc(-c2[nH]c3cc(F)cc4c3c2CCNC4=O)cc1. The van der Waals surface area contributed by atoms with Gasteiger partial charge in [-0.3, -0.25) is 9.59 Å². The first kappa shape index (κ1) is 32.1. The Kier molecular flexibility index (Phi) is 8.47. The lowest BCUT2D eigenvalue weighted by molar-refractivity contribution is -0.121. The Hall–Kier alpha value is -4.17. The van der Waals surface area contributed by atoms with Crippen LogP contribution in [0.2, 0.25) is 0 Å². The van der Waals surface area contributed by atoms with Gasteiger partial charge in [-0.05, 0) is 133 Å². The number of halogens is 1. The summed E-state index contributed by atoms with van der Waals surface area (Å²) in [7, 11) is 0. The Labute approximate surface area is 287 Å². The third-order valence-corrected chi connectivity index (χ3v) is 12.3. The summed E-state index contributed by atoms with van der Waals surface area (Å²) in [4.78, 5) is 28.5. The quantitative estimate of drug-likeness (QED) is 0.138. The van der Waals surface area contributed by atoms with Crippen molar-refractivity contribution < 1.29 is 23.8 Å². The second-order valence-corrected chi connectivity index (χ2v) is 15.1. The molecule has 4 aromatic rings. The van der Waals surface area contributed by atoms with Crippen LogP contribution in [-0.4, -0.2) is 41.2 Å². The standard InChI is InChI=1S/C41H46FN3O4/c1-41-17-15-30-29-12-10-28(46)20-26(29)9-11-31(30)34(41)13-14-36(41)49-19-3-2-4-37(47)44-23-24-5-7-25(8-6-24)39-32-16-18-43-40(48)33-21-27(42)22-35(45-39)38(32)33/h5-8,10,12,20-22,30-31,34,36,45-46H,2-4,9,11,13-19,23H2,1H3,(H,43,48)(H,44,47)/t30-,31-,34+,36+,41+/m1/s1. The van der Waals surface area contributed by atoms with Crippen LogP contribution < -0.4 is 10.6 Å². The molecule has 7 nitrogen and oxygen atoms in total. The fourth-order valence-electron chi connectivity index (χ4n) is 9.92. The third-order valence-electron chi connectivity index (χ3n) is 12.3. The predicted molar refractivity (Wildman–Crippen MR) is 188 cm³/mol. The first-order chi connectivity index (χ1) is 23.8. The molecule has 1 aromatic heterocycles. The van der Waals surface area contributed by atoms with Crippen LogP contribution in [-0.2, 0) is 28.9 Å². The molecule has 5 atom stereocenters. The van der Waals surface area contributed by atoms with E-state index in [0.29, 0.717) is 73.2 Å². The summed E-state index contributed by atoms with van der Waals surface area (Å²) in [6.45, 7) is 4.12. The van der Waals surface area contributed by atoms with Crippen molar-refractivity contribution in [1.82, 2.24) is 15.6 Å². The molecule has 4 aliphatic rings. The van der Waals surface area contributed by atoms with E-state index in [1.54, 1.807) is 0 Å². The van der Waals surface area contributed by atoms with E-state index in [4.69, 9.17) is 4.74 Å². The van der Waals surface area contributed by atoms with Gasteiger partial charge in [0.05, 0.1) is 11.7 Å². The topological polar surface area (TPSA) is 103 Å². The highest BCUT2D eigenvalue weighted by Crippen LogP contribution is 2.61. The first-order valence-corrected chi connectivity index (χ1v) is 18.2. The van der Waals surface area contributed by atoms with Gasteiger partial charge < -0.3 is 25.5 Å². The number of carbonyl (C=O) groups excluding carboxylic acids is 2. The number of aryl methyl sites for hydroxylation is 1. The summed E-state index contributed by atoms with van der Waals surface area (Å²) >= 11 is 0. The van der Waals surface area contributed by atoms with Gasteiger partial charge in [0.25, 0.3) is 5.91 Å². The molecule has 256 valence electrons. The molecule has 2 amide bonds. The van der Waals surface area contributed by atoms with Gasteiger partial charge in [0.2, 0.25) is 5.91 Å². The number of hydrogen-bond donors (Lipinski definition) is 4. The molecular formula is C41H46FN3O4. The minimum Gasteiger partial charge on any atom is -0.508 e. The zero-order chi connectivity index (χ0) is 33.7. The molecule has 8 heteroatoms. The fraction of sp³-hybridized carbons (Fsp3) is 0.463. The molecule has 2 heterocycles. The highest BCUT2D eigenvalue weighted by atomic mass is 19.1. The first-order valence-electron chi connectivity index (χ1n) is 18.2. The van der Waals surface area contributed by atoms with Crippen molar-refractivity contribution in [1.29, 1.82) is 0 Å². The van der Waals surface area contributed by atoms with Crippen molar-refractivity contribution in [2.45, 2.75) is 89.7 Å². The Balaban J connectivity index is 0.797. The monoisotopic (exact) mass is 663 g/mol. The van der Waals surface area contributed by atoms with Crippen LogP contribution >= 0.6 is 0 Å². The van der Waals surface area contributed by atoms with Crippen LogP contribution in [0, 0.1) is 23.1 Å². The third kappa shape index (κ3) is 5.92. The number of amides is 2. The van der Waals surface area contributed by atoms with Crippen LogP contribution in [0.15, 0.2) is 54.6 Å². The van der Waals surface area contributed by atoms with E-state index < -0.39 is 5.82 Å². The van der Waals surface area contributed by atoms with E-state index in [2.05, 4.69) is 28.6 Å². The molecule has 2 saturated carbocycles. The molecule has 3 aromatic carbocycles. The summed E-state index contributed by atoms with van der Waals surface area (Å²) in [6, 6.07) is 16.8. The van der Waals surface area contributed by atoms with Gasteiger partial charge in [-0.2, -0.15) is 0 Å². The lowest BCUT2D eigenvalue weighted by Gasteiger charge is -2.50. The maximum Gasteiger partial charge on any atom is 0.252 e. The lowest BCUT2D eigenvalue weighted by atomic mass is 9.55. The smallest absolute Gasteiger partial charge is 0.252 e. The zero-order valence-electron chi connectivity index (χ0n) is 28.2. The van der Waals surface area contributed by atoms with Crippen LogP contribution in [0.25, 0.3) is 22.2 Å². The maximum atomic E-state index is 14.3. The van der Waals surface area contributed by atoms with E-state index in [9.17, 15) is 19.1 Å². The highest BCUT2D eigenvalue weighted by molar-refractivity contribution is 6.10. The maximum absolute atomic E-state index is 14.3. The normalized spacial score (nSPS) is 25.6. The summed E-state index contributed by atoms with van der Waals surface area (Å²) in [5.74, 6) is 1.75. The number of fused-ring (bicyclic) bond motifs is 5. The van der Waals surface area contributed by atoms with Crippen LogP contribution in [0.4, 0.5) is 4.39 Å². The number of phenolic OH excluding ortho intramolecular Hbond substituents is 1. The molecule has 8 rings (SSSR count). The molecule has 49 heavy (non-hydrogen) atoms. The molecular weight excluding hydrogens is 617 g/mol. The number of hydrogen-bond acceptors (Lipinski definition) is 4. The van der Waals surface area contributed by atoms with Crippen molar-refractivity contribution in [2.75, 3.05) is 13.2 Å². The van der Waals surface area contributed by atoms with Gasteiger partial charge in [0.1, 0.15) is 11.6 Å². The van der Waals surface area contributed by atoms with Gasteiger partial charge in [-0.1, -0.05) is 37.3 Å². The summed E-state index contributed by atoms with van der Waals surface area (Å²) in [6.07, 6.45) is 10.1. The van der Waals surface area contributed by atoms with E-state index in [-0.39, 0.29) is 17.2 Å². The minimum atomic E-state index is -0.438. The number of phenols is 1. The number of benzene rings is 3. The van der Waals surface area contributed by atoms with Crippen molar-refractivity contribution >= 4 is 22.7 Å². The van der Waals surface area contributed by atoms with E-state index in [0.717, 1.165) is 53.5 Å². The number of aromatic hydroxyl groups is 1. The van der Waals surface area contributed by atoms with Crippen molar-refractivity contribution in [2.24, 2.45) is 17.3 Å². The van der Waals surface area contributed by atoms with E-state index in [1.165, 1.54) is 48.9 Å². The number of aromatic amines is 1. The molecule has 0 spiro atoms. The van der Waals surface area contributed by atoms with Crippen LogP contribution in [0.1, 0.15) is 96.8 Å². The van der Waals surface area contributed by atoms with Gasteiger partial charge >= 0.3 is 0 Å². The molecule has 0 saturated heterocycles. The zero-order valence-corrected chi connectivity index (χ0v) is 28.2. The Bertz CT molecular complexity index is 1900. The number of nitrogens with one attached hydrogen (secondary N) is 3. The Morgan fingerprint density at radius 1 is 1.04 bits per heavy atom. The van der Waals surface area contributed by atoms with Crippen molar-refractivity contribution in [3.05, 3.63) is 88.2 Å². The number of unbranched alkanes of at least 4 members (excludes halogenated alkanes) is 1. The molecule has 4 N–H and O–H groups in total. The second kappa shape index (κ2) is 12.9. The van der Waals surface area contributed by atoms with Gasteiger partial charge in [-0.15, -0.1) is 0 Å². The number of ether oxygens (including phenoxy) is 1. The molecule has 2 fully saturated rings. The largest absolute Gasteiger partial charge is 0.508 e. The van der Waals surface area contributed by atoms with Crippen molar-refractivity contribution in [3.8, 4) is 17.0 Å². The van der Waals surface area contributed by atoms with Gasteiger partial charge in [0, 0.05) is 42.7 Å². The average Bonchev–Trinajstić information content (AvgIpc) is 3.57. The number of rotatable bonds is 9. The van der Waals surface area contributed by atoms with Crippen molar-refractivity contribution in [3.63, 3.8) is 0 Å². The Morgan fingerprint density at radius 2 is 1.90 bits per heavy atom. The molecule has 3 aliphatic carbocycles. The van der Waals surface area contributed by atoms with E-state index in [1.807, 2.05) is 36.4 Å². The minimum absolute atomic E-state index is 0.0456. The fourth-order valence-corrected chi connectivity index (χ4v) is 9.92. The Morgan fingerprint density at radius 3 is 2.76 bits per heavy atom. The van der Waals surface area contributed by atoms with Crippen LogP contribution in [0.3, 0.4) is 0 Å². The lowest BCUT2D eigenvalue weighted by Crippen LogP contribution is -2.44. The summed E-state index contributed by atoms with van der Waals surface area (Å²) in [5.41, 5.74) is 7.91. The van der Waals surface area contributed by atoms with Crippen LogP contribution in [0.5, 0.6) is 5.75 Å². The number of carbonyl (C=O) groups is 2. The summed E-state index contributed by atoms with van der Waals surface area (Å²) < 4.78 is 20.8. The number of H-pyrrole nitrogens is 1. The molecule has 0 bridgehead atoms. The molecule has 0 radical (unpaired) electrons. The van der Waals surface area contributed by atoms with Gasteiger partial charge in [0.15, 0.2) is 0 Å².